The normalized spacial score (nSPS) is 10.2. The summed E-state index contributed by atoms with van der Waals surface area (Å²) in [4.78, 5) is 12.0. The average Bonchev–Trinajstić information content (AvgIpc) is 2.58. The first-order chi connectivity index (χ1) is 11.6. The number of ether oxygens (including phenoxy) is 1. The van der Waals surface area contributed by atoms with E-state index in [1.165, 1.54) is 24.3 Å². The molecule has 0 saturated carbocycles. The highest BCUT2D eigenvalue weighted by Gasteiger charge is 2.12. The lowest BCUT2D eigenvalue weighted by Gasteiger charge is -2.09. The summed E-state index contributed by atoms with van der Waals surface area (Å²) in [6.07, 6.45) is 0. The standard InChI is InChI=1S/C18H20F2N2O2.ClH/c1-24-11-10-21-8-9-22-18(23)16-7-4-14(12-17(16)20)13-2-5-15(19)6-3-13;/h2-7,12,21H,8-11H2,1H3,(H,22,23);1H. The Labute approximate surface area is 152 Å². The Morgan fingerprint density at radius 1 is 1.00 bits per heavy atom. The van der Waals surface area contributed by atoms with Crippen molar-refractivity contribution in [1.29, 1.82) is 0 Å². The van der Waals surface area contributed by atoms with Gasteiger partial charge in [-0.3, -0.25) is 4.79 Å². The monoisotopic (exact) mass is 370 g/mol. The van der Waals surface area contributed by atoms with Crippen molar-refractivity contribution < 1.29 is 18.3 Å². The molecule has 0 radical (unpaired) electrons. The fourth-order valence-electron chi connectivity index (χ4n) is 2.18. The first-order valence-corrected chi connectivity index (χ1v) is 7.65. The molecular formula is C18H21ClF2N2O2. The SMILES string of the molecule is COCCNCCNC(=O)c1ccc(-c2ccc(F)cc2)cc1F.Cl. The van der Waals surface area contributed by atoms with Crippen LogP contribution in [0.3, 0.4) is 0 Å². The number of amides is 1. The molecule has 0 atom stereocenters. The molecule has 0 unspecified atom stereocenters. The van der Waals surface area contributed by atoms with Gasteiger partial charge < -0.3 is 15.4 Å². The summed E-state index contributed by atoms with van der Waals surface area (Å²) in [5.74, 6) is -1.43. The lowest BCUT2D eigenvalue weighted by molar-refractivity contribution is 0.0949. The highest BCUT2D eigenvalue weighted by Crippen LogP contribution is 2.22. The van der Waals surface area contributed by atoms with Crippen molar-refractivity contribution in [2.75, 3.05) is 33.4 Å². The molecule has 2 aromatic rings. The van der Waals surface area contributed by atoms with Crippen LogP contribution in [0.5, 0.6) is 0 Å². The summed E-state index contributed by atoms with van der Waals surface area (Å²) < 4.78 is 32.0. The molecule has 0 heterocycles. The zero-order chi connectivity index (χ0) is 17.4. The van der Waals surface area contributed by atoms with Gasteiger partial charge in [0.1, 0.15) is 11.6 Å². The number of nitrogens with one attached hydrogen (secondary N) is 2. The molecule has 0 bridgehead atoms. The minimum atomic E-state index is -0.610. The minimum absolute atomic E-state index is 0. The summed E-state index contributed by atoms with van der Waals surface area (Å²) >= 11 is 0. The van der Waals surface area contributed by atoms with Crippen molar-refractivity contribution in [3.05, 3.63) is 59.7 Å². The molecule has 4 nitrogen and oxygen atoms in total. The first-order valence-electron chi connectivity index (χ1n) is 7.65. The van der Waals surface area contributed by atoms with E-state index in [-0.39, 0.29) is 23.8 Å². The molecule has 0 aliphatic carbocycles. The minimum Gasteiger partial charge on any atom is -0.383 e. The van der Waals surface area contributed by atoms with Gasteiger partial charge in [-0.2, -0.15) is 0 Å². The summed E-state index contributed by atoms with van der Waals surface area (Å²) in [6.45, 7) is 2.24. The Bertz CT molecular complexity index is 681. The van der Waals surface area contributed by atoms with Gasteiger partial charge in [0.15, 0.2) is 0 Å². The molecule has 7 heteroatoms. The van der Waals surface area contributed by atoms with Crippen LogP contribution in [0.25, 0.3) is 11.1 Å². The number of benzene rings is 2. The Hall–Kier alpha value is -2.02. The van der Waals surface area contributed by atoms with Crippen LogP contribution in [0.15, 0.2) is 42.5 Å². The van der Waals surface area contributed by atoms with Gasteiger partial charge >= 0.3 is 0 Å². The van der Waals surface area contributed by atoms with Gasteiger partial charge in [-0.25, -0.2) is 8.78 Å². The molecule has 0 saturated heterocycles. The fourth-order valence-corrected chi connectivity index (χ4v) is 2.18. The van der Waals surface area contributed by atoms with Gasteiger partial charge in [0.25, 0.3) is 5.91 Å². The van der Waals surface area contributed by atoms with Crippen molar-refractivity contribution in [3.63, 3.8) is 0 Å². The Kier molecular flexibility index (Phi) is 9.05. The van der Waals surface area contributed by atoms with Crippen LogP contribution in [0.4, 0.5) is 8.78 Å². The molecule has 0 aliphatic heterocycles. The van der Waals surface area contributed by atoms with Crippen molar-refractivity contribution >= 4 is 18.3 Å². The summed E-state index contributed by atoms with van der Waals surface area (Å²) in [7, 11) is 1.61. The maximum absolute atomic E-state index is 14.2. The largest absolute Gasteiger partial charge is 0.383 e. The lowest BCUT2D eigenvalue weighted by Crippen LogP contribution is -2.33. The molecule has 0 spiro atoms. The van der Waals surface area contributed by atoms with Crippen molar-refractivity contribution in [1.82, 2.24) is 10.6 Å². The molecule has 2 N–H and O–H groups in total. The maximum atomic E-state index is 14.2. The molecule has 136 valence electrons. The third kappa shape index (κ3) is 6.42. The maximum Gasteiger partial charge on any atom is 0.254 e. The molecule has 1 amide bonds. The molecule has 2 rings (SSSR count). The smallest absolute Gasteiger partial charge is 0.254 e. The van der Waals surface area contributed by atoms with Gasteiger partial charge in [0.05, 0.1) is 12.2 Å². The van der Waals surface area contributed by atoms with Gasteiger partial charge in [0, 0.05) is 26.7 Å². The number of rotatable bonds is 8. The number of carbonyl (C=O) groups excluding carboxylic acids is 1. The van der Waals surface area contributed by atoms with E-state index in [0.29, 0.717) is 37.4 Å². The van der Waals surface area contributed by atoms with E-state index in [1.807, 2.05) is 0 Å². The Morgan fingerprint density at radius 3 is 2.32 bits per heavy atom. The lowest BCUT2D eigenvalue weighted by atomic mass is 10.0. The third-order valence-electron chi connectivity index (χ3n) is 3.46. The zero-order valence-electron chi connectivity index (χ0n) is 13.9. The highest BCUT2D eigenvalue weighted by molar-refractivity contribution is 5.95. The van der Waals surface area contributed by atoms with Crippen LogP contribution in [0.2, 0.25) is 0 Å². The number of halogens is 3. The number of hydrogen-bond donors (Lipinski definition) is 2. The number of hydrogen-bond acceptors (Lipinski definition) is 3. The van der Waals surface area contributed by atoms with Crippen LogP contribution >= 0.6 is 12.4 Å². The van der Waals surface area contributed by atoms with Gasteiger partial charge in [-0.05, 0) is 35.4 Å². The predicted octanol–water partition coefficient (Wildman–Crippen LogP) is 3.02. The van der Waals surface area contributed by atoms with E-state index >= 15 is 0 Å². The zero-order valence-corrected chi connectivity index (χ0v) is 14.7. The van der Waals surface area contributed by atoms with Crippen LogP contribution in [-0.2, 0) is 4.74 Å². The van der Waals surface area contributed by atoms with E-state index in [4.69, 9.17) is 4.74 Å². The van der Waals surface area contributed by atoms with Crippen molar-refractivity contribution in [2.24, 2.45) is 0 Å². The molecular weight excluding hydrogens is 350 g/mol. The topological polar surface area (TPSA) is 50.4 Å². The van der Waals surface area contributed by atoms with E-state index in [1.54, 1.807) is 25.3 Å². The summed E-state index contributed by atoms with van der Waals surface area (Å²) in [5.41, 5.74) is 1.26. The Morgan fingerprint density at radius 2 is 1.68 bits per heavy atom. The highest BCUT2D eigenvalue weighted by atomic mass is 35.5. The molecule has 0 fully saturated rings. The quantitative estimate of drug-likeness (QED) is 0.702. The first kappa shape index (κ1) is 21.0. The Balaban J connectivity index is 0.00000312. The van der Waals surface area contributed by atoms with Gasteiger partial charge in [-0.15, -0.1) is 12.4 Å². The van der Waals surface area contributed by atoms with E-state index in [9.17, 15) is 13.6 Å². The average molecular weight is 371 g/mol. The van der Waals surface area contributed by atoms with Crippen LogP contribution < -0.4 is 10.6 Å². The van der Waals surface area contributed by atoms with Crippen molar-refractivity contribution in [3.8, 4) is 11.1 Å². The second-order valence-electron chi connectivity index (χ2n) is 5.20. The summed E-state index contributed by atoms with van der Waals surface area (Å²) in [6, 6.07) is 10.1. The molecule has 25 heavy (non-hydrogen) atoms. The van der Waals surface area contributed by atoms with Gasteiger partial charge in [-0.1, -0.05) is 18.2 Å². The van der Waals surface area contributed by atoms with Crippen molar-refractivity contribution in [2.45, 2.75) is 0 Å². The molecule has 2 aromatic carbocycles. The third-order valence-corrected chi connectivity index (χ3v) is 3.46. The number of carbonyl (C=O) groups is 1. The van der Waals surface area contributed by atoms with E-state index in [0.717, 1.165) is 0 Å². The second-order valence-corrected chi connectivity index (χ2v) is 5.20. The predicted molar refractivity (Wildman–Crippen MR) is 96.1 cm³/mol. The van der Waals surface area contributed by atoms with E-state index in [2.05, 4.69) is 10.6 Å². The van der Waals surface area contributed by atoms with Crippen LogP contribution in [-0.4, -0.2) is 39.3 Å². The number of methoxy groups -OCH3 is 1. The van der Waals surface area contributed by atoms with Crippen LogP contribution in [0, 0.1) is 11.6 Å². The van der Waals surface area contributed by atoms with E-state index < -0.39 is 11.7 Å². The van der Waals surface area contributed by atoms with Crippen LogP contribution in [0.1, 0.15) is 10.4 Å². The fraction of sp³-hybridized carbons (Fsp3) is 0.278. The second kappa shape index (κ2) is 10.8. The van der Waals surface area contributed by atoms with Gasteiger partial charge in [0.2, 0.25) is 0 Å². The summed E-state index contributed by atoms with van der Waals surface area (Å²) in [5, 5.41) is 5.73. The molecule has 0 aromatic heterocycles. The molecule has 0 aliphatic rings.